The highest BCUT2D eigenvalue weighted by atomic mass is 15.3. The molecule has 0 atom stereocenters. The normalized spacial score (nSPS) is 13.2. The smallest absolute Gasteiger partial charge is 0.215 e. The first-order chi connectivity index (χ1) is 42.1. The molecule has 2 aromatic carbocycles. The Bertz CT molecular complexity index is 1840. The number of nitrogens with zero attached hydrogens (tertiary/aromatic N) is 1. The van der Waals surface area contributed by atoms with Gasteiger partial charge < -0.3 is 5.84 Å². The monoisotopic (exact) mass is 1170 g/mol. The second-order valence-corrected chi connectivity index (χ2v) is 27.7. The fourth-order valence-corrected chi connectivity index (χ4v) is 13.8. The largest absolute Gasteiger partial charge is 0.448 e. The number of hydrogen-bond acceptors (Lipinski definition) is 0. The first kappa shape index (κ1) is 76.6. The van der Waals surface area contributed by atoms with Crippen LogP contribution >= 0.6 is 0 Å². The van der Waals surface area contributed by atoms with E-state index in [0.29, 0.717) is 0 Å². The van der Waals surface area contributed by atoms with Crippen molar-refractivity contribution in [2.45, 2.75) is 426 Å². The number of allylic oxidation sites excluding steroid dienone is 3. The van der Waals surface area contributed by atoms with E-state index in [9.17, 15) is 5.84 Å². The molecule has 2 nitrogen and oxygen atoms in total. The lowest BCUT2D eigenvalue weighted by molar-refractivity contribution is -0.347. The highest BCUT2D eigenvalue weighted by Gasteiger charge is 2.35. The molecule has 3 rings (SSSR count). The number of nitrogens with one attached hydrogen (secondary N) is 1. The van der Waals surface area contributed by atoms with Crippen molar-refractivity contribution in [3.05, 3.63) is 93.8 Å². The summed E-state index contributed by atoms with van der Waals surface area (Å²) in [6, 6.07) is 18.9. The summed E-state index contributed by atoms with van der Waals surface area (Å²) >= 11 is 0. The molecule has 0 aromatic heterocycles. The van der Waals surface area contributed by atoms with Gasteiger partial charge in [0.15, 0.2) is 0 Å². The number of hydrogen-bond donors (Lipinski definition) is 0. The number of rotatable bonds is 64. The van der Waals surface area contributed by atoms with Gasteiger partial charge in [-0.3, -0.25) is 0 Å². The van der Waals surface area contributed by atoms with Gasteiger partial charge in [-0.25, -0.2) is 4.68 Å². The van der Waals surface area contributed by atoms with E-state index in [-0.39, 0.29) is 0 Å². The third-order valence-electron chi connectivity index (χ3n) is 19.6. The van der Waals surface area contributed by atoms with Gasteiger partial charge in [0.2, 0.25) is 11.4 Å². The highest BCUT2D eigenvalue weighted by Crippen LogP contribution is 2.38. The molecule has 0 radical (unpaired) electrons. The molecule has 0 bridgehead atoms. The summed E-state index contributed by atoms with van der Waals surface area (Å²) in [4.78, 5) is 0. The van der Waals surface area contributed by atoms with Crippen LogP contribution in [0.5, 0.6) is 0 Å². The van der Waals surface area contributed by atoms with Crippen molar-refractivity contribution in [1.29, 1.82) is 0 Å². The van der Waals surface area contributed by atoms with Crippen LogP contribution in [-0.2, 0) is 12.8 Å². The van der Waals surface area contributed by atoms with Gasteiger partial charge in [-0.2, -0.15) is 0 Å². The quantitative estimate of drug-likeness (QED) is 0.0466. The van der Waals surface area contributed by atoms with Crippen LogP contribution in [0.2, 0.25) is 0 Å². The SMILES string of the molecule is CCCCCC=C1C(CCCCC)=C(c2ccc(CCCCCCCCCCCCCCCCCCCCCCCCCCCC)cc2)[N+]([NH-])=C1c1ccc(CCCCCCCCCCCCCCCCCCCCCCCCCCCC)cc1. The van der Waals surface area contributed by atoms with Crippen LogP contribution in [0, 0.1) is 0 Å². The zero-order valence-electron chi connectivity index (χ0n) is 58.0. The van der Waals surface area contributed by atoms with Crippen molar-refractivity contribution >= 4 is 11.4 Å². The van der Waals surface area contributed by atoms with E-state index < -0.39 is 0 Å². The van der Waals surface area contributed by atoms with Crippen molar-refractivity contribution in [2.24, 2.45) is 0 Å². The minimum Gasteiger partial charge on any atom is -0.448 e. The lowest BCUT2D eigenvalue weighted by Gasteiger charge is -2.10. The van der Waals surface area contributed by atoms with Gasteiger partial charge in [-0.15, -0.1) is 0 Å². The summed E-state index contributed by atoms with van der Waals surface area (Å²) in [6.07, 6.45) is 89.3. The second-order valence-electron chi connectivity index (χ2n) is 27.7. The summed E-state index contributed by atoms with van der Waals surface area (Å²) in [6.45, 7) is 9.25. The molecule has 1 heterocycles. The van der Waals surface area contributed by atoms with Crippen LogP contribution < -0.4 is 0 Å². The zero-order chi connectivity index (χ0) is 60.4. The topological polar surface area (TPSA) is 26.8 Å². The van der Waals surface area contributed by atoms with E-state index in [1.54, 1.807) is 0 Å². The van der Waals surface area contributed by atoms with E-state index in [1.807, 2.05) is 4.68 Å². The maximum Gasteiger partial charge on any atom is 0.215 e. The van der Waals surface area contributed by atoms with E-state index in [1.165, 1.54) is 412 Å². The van der Waals surface area contributed by atoms with Gasteiger partial charge >= 0.3 is 0 Å². The number of unbranched alkanes of at least 4 members (excludes halogenated alkanes) is 55. The van der Waals surface area contributed by atoms with Crippen molar-refractivity contribution in [3.8, 4) is 0 Å². The molecule has 0 saturated heterocycles. The molecule has 2 aromatic rings. The maximum absolute atomic E-state index is 9.82. The van der Waals surface area contributed by atoms with Crippen molar-refractivity contribution in [2.75, 3.05) is 0 Å². The summed E-state index contributed by atoms with van der Waals surface area (Å²) < 4.78 is 1.83. The Kier molecular flexibility index (Phi) is 52.1. The molecule has 0 fully saturated rings. The molecular formula is C83H146N2. The van der Waals surface area contributed by atoms with Crippen molar-refractivity contribution in [3.63, 3.8) is 0 Å². The molecule has 1 aliphatic rings. The van der Waals surface area contributed by atoms with Gasteiger partial charge in [0, 0.05) is 16.7 Å². The Morgan fingerprint density at radius 1 is 0.259 bits per heavy atom. The predicted molar refractivity (Wildman–Crippen MR) is 384 cm³/mol. The van der Waals surface area contributed by atoms with Crippen LogP contribution in [0.25, 0.3) is 11.5 Å². The average molecular weight is 1170 g/mol. The van der Waals surface area contributed by atoms with Gasteiger partial charge in [-0.05, 0) is 86.8 Å². The van der Waals surface area contributed by atoms with E-state index in [2.05, 4.69) is 82.3 Å². The lowest BCUT2D eigenvalue weighted by atomic mass is 9.90. The minimum absolute atomic E-state index is 1.04. The molecule has 1 N–H and O–H groups in total. The van der Waals surface area contributed by atoms with Gasteiger partial charge in [0.1, 0.15) is 0 Å². The number of benzene rings is 2. The van der Waals surface area contributed by atoms with Crippen LogP contribution in [0.3, 0.4) is 0 Å². The lowest BCUT2D eigenvalue weighted by Crippen LogP contribution is -2.11. The third-order valence-corrected chi connectivity index (χ3v) is 19.6. The molecule has 0 amide bonds. The average Bonchev–Trinajstić information content (AvgIpc) is 1.77. The molecule has 0 spiro atoms. The summed E-state index contributed by atoms with van der Waals surface area (Å²) in [5, 5.41) is 0. The Hall–Kier alpha value is -2.61. The first-order valence-electron chi connectivity index (χ1n) is 39.1. The number of aryl methyl sites for hydroxylation is 2. The highest BCUT2D eigenvalue weighted by molar-refractivity contribution is 6.16. The third kappa shape index (κ3) is 40.6. The summed E-state index contributed by atoms with van der Waals surface area (Å²) in [5.41, 5.74) is 10.3. The minimum atomic E-state index is 1.04. The Balaban J connectivity index is 1.27. The Morgan fingerprint density at radius 2 is 0.482 bits per heavy atom. The van der Waals surface area contributed by atoms with Gasteiger partial charge in [-0.1, -0.05) is 405 Å². The maximum atomic E-state index is 9.82. The molecule has 0 aliphatic carbocycles. The van der Waals surface area contributed by atoms with Crippen LogP contribution in [0.1, 0.15) is 435 Å². The van der Waals surface area contributed by atoms with E-state index in [0.717, 1.165) is 30.7 Å². The fraction of sp³-hybridized carbons (Fsp3) is 0.795. The molecule has 1 aliphatic heterocycles. The molecule has 0 saturated carbocycles. The summed E-state index contributed by atoms with van der Waals surface area (Å²) in [5.74, 6) is 9.82. The van der Waals surface area contributed by atoms with Gasteiger partial charge in [0.25, 0.3) is 0 Å². The molecular weight excluding hydrogens is 1020 g/mol. The Morgan fingerprint density at radius 3 is 0.765 bits per heavy atom. The van der Waals surface area contributed by atoms with Crippen LogP contribution in [0.15, 0.2) is 65.8 Å². The van der Waals surface area contributed by atoms with E-state index in [4.69, 9.17) is 0 Å². The molecule has 85 heavy (non-hydrogen) atoms. The second kappa shape index (κ2) is 57.8. The van der Waals surface area contributed by atoms with Crippen molar-refractivity contribution < 1.29 is 4.68 Å². The standard InChI is InChI=1S/C83H146N2/c1-5-9-13-16-18-20-22-24-26-28-30-32-34-36-38-40-42-44-46-48-50-52-54-56-58-61-64-76-68-72-78(73-69-76)82-80(66-60-12-8-4)81(67-63-15-11-7-3)83(85(82)84)79-74-70-77(71-75-79)65-62-59-57-55-53-51-49-47-45-43-41-39-37-35-33-31-29-27-25-23-21-19-17-14-10-6-2/h67-75,84H,5-66H2,1-4H3. The van der Waals surface area contributed by atoms with Crippen molar-refractivity contribution in [1.82, 2.24) is 0 Å². The molecule has 2 heteroatoms. The molecule has 0 unspecified atom stereocenters. The predicted octanol–water partition coefficient (Wildman–Crippen LogP) is 29.4. The zero-order valence-corrected chi connectivity index (χ0v) is 58.0. The van der Waals surface area contributed by atoms with Gasteiger partial charge in [0.05, 0.1) is 5.57 Å². The van der Waals surface area contributed by atoms with E-state index >= 15 is 0 Å². The first-order valence-corrected chi connectivity index (χ1v) is 39.1. The molecule has 488 valence electrons. The Labute approximate surface area is 532 Å². The van der Waals surface area contributed by atoms with Crippen LogP contribution in [0.4, 0.5) is 0 Å². The van der Waals surface area contributed by atoms with Crippen LogP contribution in [-0.4, -0.2) is 10.4 Å². The fourth-order valence-electron chi connectivity index (χ4n) is 13.8. The summed E-state index contributed by atoms with van der Waals surface area (Å²) in [7, 11) is 0.